The minimum absolute atomic E-state index is 0.0463. The van der Waals surface area contributed by atoms with Crippen LogP contribution in [0, 0.1) is 46.3 Å². The Morgan fingerprint density at radius 2 is 1.75 bits per heavy atom. The molecule has 4 aliphatic carbocycles. The van der Waals surface area contributed by atoms with Gasteiger partial charge < -0.3 is 9.84 Å². The molecule has 0 bridgehead atoms. The van der Waals surface area contributed by atoms with Crippen molar-refractivity contribution in [3.05, 3.63) is 0 Å². The van der Waals surface area contributed by atoms with Crippen LogP contribution in [0.15, 0.2) is 0 Å². The van der Waals surface area contributed by atoms with Crippen LogP contribution in [0.1, 0.15) is 91.4 Å². The summed E-state index contributed by atoms with van der Waals surface area (Å²) in [5.74, 6) is 4.72. The van der Waals surface area contributed by atoms with Gasteiger partial charge in [-0.2, -0.15) is 0 Å². The molecule has 0 aliphatic heterocycles. The zero-order chi connectivity index (χ0) is 20.1. The Labute approximate surface area is 172 Å². The predicted molar refractivity (Wildman–Crippen MR) is 112 cm³/mol. The summed E-state index contributed by atoms with van der Waals surface area (Å²) in [6.07, 6.45) is 13.1. The molecule has 0 spiro atoms. The first-order chi connectivity index (χ1) is 13.3. The smallest absolute Gasteiger partial charge is 0.305 e. The highest BCUT2D eigenvalue weighted by molar-refractivity contribution is 5.69. The number of rotatable bonds is 4. The summed E-state index contributed by atoms with van der Waals surface area (Å²) in [6, 6.07) is 0. The molecule has 0 heterocycles. The van der Waals surface area contributed by atoms with Gasteiger partial charge in [-0.05, 0) is 111 Å². The Morgan fingerprint density at radius 1 is 1.04 bits per heavy atom. The minimum Gasteiger partial charge on any atom is -0.469 e. The topological polar surface area (TPSA) is 46.5 Å². The number of hydrogen-bond acceptors (Lipinski definition) is 3. The Kier molecular flexibility index (Phi) is 5.61. The van der Waals surface area contributed by atoms with Gasteiger partial charge in [-0.1, -0.05) is 20.8 Å². The summed E-state index contributed by atoms with van der Waals surface area (Å²) in [5.41, 5.74) is 0.937. The normalized spacial score (nSPS) is 48.9. The summed E-state index contributed by atoms with van der Waals surface area (Å²) < 4.78 is 4.88. The predicted octanol–water partition coefficient (Wildman–Crippen LogP) is 5.60. The molecule has 0 amide bonds. The molecule has 0 aromatic rings. The van der Waals surface area contributed by atoms with Crippen LogP contribution in [-0.4, -0.2) is 24.3 Å². The third-order valence-corrected chi connectivity index (χ3v) is 10.4. The second-order valence-electron chi connectivity index (χ2n) is 11.4. The molecule has 3 nitrogen and oxygen atoms in total. The summed E-state index contributed by atoms with van der Waals surface area (Å²) in [5, 5.41) is 10.2. The standard InChI is InChI=1S/C25H42O3/c1-16(5-10-23(27)28-4)20-8-9-21-19-7-6-17-15-18(26)11-13-24(17,2)22(19)12-14-25(20,21)3/h16-22,26H,5-15H2,1-4H3/t16?,17?,18-,19?,20?,21?,22?,24+,25-/m1/s1. The van der Waals surface area contributed by atoms with Gasteiger partial charge >= 0.3 is 5.97 Å². The largest absolute Gasteiger partial charge is 0.469 e. The summed E-state index contributed by atoms with van der Waals surface area (Å²) in [7, 11) is 1.50. The zero-order valence-corrected chi connectivity index (χ0v) is 18.6. The van der Waals surface area contributed by atoms with E-state index in [1.807, 2.05) is 0 Å². The van der Waals surface area contributed by atoms with Gasteiger partial charge in [-0.25, -0.2) is 0 Å². The van der Waals surface area contributed by atoms with E-state index in [-0.39, 0.29) is 12.1 Å². The first-order valence-corrected chi connectivity index (χ1v) is 12.0. The molecule has 4 aliphatic rings. The van der Waals surface area contributed by atoms with Gasteiger partial charge in [-0.15, -0.1) is 0 Å². The van der Waals surface area contributed by atoms with Crippen LogP contribution in [0.2, 0.25) is 0 Å². The molecule has 160 valence electrons. The molecular weight excluding hydrogens is 348 g/mol. The van der Waals surface area contributed by atoms with Crippen LogP contribution < -0.4 is 0 Å². The Morgan fingerprint density at radius 3 is 2.50 bits per heavy atom. The molecule has 0 saturated heterocycles. The fraction of sp³-hybridized carbons (Fsp3) is 0.960. The van der Waals surface area contributed by atoms with Crippen LogP contribution in [0.25, 0.3) is 0 Å². The van der Waals surface area contributed by atoms with E-state index in [2.05, 4.69) is 20.8 Å². The molecule has 3 heteroatoms. The zero-order valence-electron chi connectivity index (χ0n) is 18.6. The van der Waals surface area contributed by atoms with Gasteiger partial charge in [0.15, 0.2) is 0 Å². The quantitative estimate of drug-likeness (QED) is 0.636. The lowest BCUT2D eigenvalue weighted by atomic mass is 9.44. The molecular formula is C25H42O3. The number of ether oxygens (including phenoxy) is 1. The average Bonchev–Trinajstić information content (AvgIpc) is 3.03. The third-order valence-electron chi connectivity index (χ3n) is 10.4. The number of carbonyl (C=O) groups is 1. The van der Waals surface area contributed by atoms with Gasteiger partial charge in [0.05, 0.1) is 13.2 Å². The highest BCUT2D eigenvalue weighted by Gasteiger charge is 2.60. The molecule has 6 unspecified atom stereocenters. The van der Waals surface area contributed by atoms with Gasteiger partial charge in [0.25, 0.3) is 0 Å². The Hall–Kier alpha value is -0.570. The molecule has 0 radical (unpaired) electrons. The van der Waals surface area contributed by atoms with E-state index in [4.69, 9.17) is 4.74 Å². The molecule has 4 fully saturated rings. The number of carbonyl (C=O) groups excluding carboxylic acids is 1. The van der Waals surface area contributed by atoms with Gasteiger partial charge in [0, 0.05) is 6.42 Å². The number of esters is 1. The average molecular weight is 391 g/mol. The maximum atomic E-state index is 11.6. The van der Waals surface area contributed by atoms with Crippen LogP contribution in [0.3, 0.4) is 0 Å². The molecule has 4 rings (SSSR count). The van der Waals surface area contributed by atoms with E-state index < -0.39 is 0 Å². The van der Waals surface area contributed by atoms with Crippen molar-refractivity contribution < 1.29 is 14.6 Å². The van der Waals surface area contributed by atoms with Crippen molar-refractivity contribution >= 4 is 5.97 Å². The first-order valence-electron chi connectivity index (χ1n) is 12.0. The van der Waals surface area contributed by atoms with E-state index in [0.717, 1.165) is 48.9 Å². The van der Waals surface area contributed by atoms with Gasteiger partial charge in [-0.3, -0.25) is 4.79 Å². The van der Waals surface area contributed by atoms with Crippen molar-refractivity contribution in [2.75, 3.05) is 7.11 Å². The lowest BCUT2D eigenvalue weighted by Crippen LogP contribution is -2.54. The fourth-order valence-corrected chi connectivity index (χ4v) is 8.86. The molecule has 4 saturated carbocycles. The van der Waals surface area contributed by atoms with E-state index in [0.29, 0.717) is 23.2 Å². The number of aliphatic hydroxyl groups is 1. The van der Waals surface area contributed by atoms with E-state index in [9.17, 15) is 9.90 Å². The van der Waals surface area contributed by atoms with Crippen LogP contribution in [0.5, 0.6) is 0 Å². The fourth-order valence-electron chi connectivity index (χ4n) is 8.86. The van der Waals surface area contributed by atoms with Crippen molar-refractivity contribution in [3.63, 3.8) is 0 Å². The maximum absolute atomic E-state index is 11.6. The molecule has 9 atom stereocenters. The highest BCUT2D eigenvalue weighted by Crippen LogP contribution is 2.68. The van der Waals surface area contributed by atoms with E-state index in [1.165, 1.54) is 52.1 Å². The van der Waals surface area contributed by atoms with Crippen LogP contribution >= 0.6 is 0 Å². The highest BCUT2D eigenvalue weighted by atomic mass is 16.5. The van der Waals surface area contributed by atoms with Crippen molar-refractivity contribution in [1.82, 2.24) is 0 Å². The molecule has 0 aromatic heterocycles. The lowest BCUT2D eigenvalue weighted by molar-refractivity contribution is -0.141. The summed E-state index contributed by atoms with van der Waals surface area (Å²) in [6.45, 7) is 7.56. The third kappa shape index (κ3) is 3.24. The van der Waals surface area contributed by atoms with Gasteiger partial charge in [0.2, 0.25) is 0 Å². The molecule has 1 N–H and O–H groups in total. The SMILES string of the molecule is COC(=O)CCC(C)C1CCC2C3CCC4C[C@H](O)CC[C@]4(C)C3CC[C@]12C. The van der Waals surface area contributed by atoms with Crippen molar-refractivity contribution in [2.45, 2.75) is 97.5 Å². The summed E-state index contributed by atoms with van der Waals surface area (Å²) >= 11 is 0. The van der Waals surface area contributed by atoms with Crippen molar-refractivity contribution in [3.8, 4) is 0 Å². The monoisotopic (exact) mass is 390 g/mol. The Balaban J connectivity index is 1.48. The number of hydrogen-bond donors (Lipinski definition) is 1. The van der Waals surface area contributed by atoms with E-state index >= 15 is 0 Å². The minimum atomic E-state index is -0.0546. The van der Waals surface area contributed by atoms with E-state index in [1.54, 1.807) is 0 Å². The number of aliphatic hydroxyl groups excluding tert-OH is 1. The number of methoxy groups -OCH3 is 1. The van der Waals surface area contributed by atoms with Crippen LogP contribution in [-0.2, 0) is 9.53 Å². The van der Waals surface area contributed by atoms with Crippen molar-refractivity contribution in [2.24, 2.45) is 46.3 Å². The Bertz CT molecular complexity index is 588. The van der Waals surface area contributed by atoms with Crippen LogP contribution in [0.4, 0.5) is 0 Å². The molecule has 28 heavy (non-hydrogen) atoms. The molecule has 0 aromatic carbocycles. The summed E-state index contributed by atoms with van der Waals surface area (Å²) in [4.78, 5) is 11.6. The second kappa shape index (κ2) is 7.60. The maximum Gasteiger partial charge on any atom is 0.305 e. The number of fused-ring (bicyclic) bond motifs is 5. The second-order valence-corrected chi connectivity index (χ2v) is 11.4. The van der Waals surface area contributed by atoms with Gasteiger partial charge in [0.1, 0.15) is 0 Å². The first kappa shape index (κ1) is 20.7. The lowest BCUT2D eigenvalue weighted by Gasteiger charge is -2.61. The van der Waals surface area contributed by atoms with Crippen molar-refractivity contribution in [1.29, 1.82) is 0 Å².